The Balaban J connectivity index is 2.60. The van der Waals surface area contributed by atoms with Crippen LogP contribution in [-0.4, -0.2) is 24.1 Å². The van der Waals surface area contributed by atoms with Gasteiger partial charge in [-0.3, -0.25) is 9.78 Å². The fourth-order valence-electron chi connectivity index (χ4n) is 1.79. The molecule has 2 heterocycles. The van der Waals surface area contributed by atoms with Gasteiger partial charge in [-0.05, 0) is 25.1 Å². The fourth-order valence-corrected chi connectivity index (χ4v) is 1.79. The van der Waals surface area contributed by atoms with Gasteiger partial charge in [0.15, 0.2) is 0 Å². The van der Waals surface area contributed by atoms with E-state index in [2.05, 4.69) is 9.97 Å². The first-order chi connectivity index (χ1) is 8.49. The lowest BCUT2D eigenvalue weighted by atomic mass is 10.1. The number of aryl methyl sites for hydroxylation is 1. The summed E-state index contributed by atoms with van der Waals surface area (Å²) in [5, 5.41) is 0. The standard InChI is InChI=1S/C13H16N4O/c1-8-5-4-6-11(15-8)9-7-10(14)12(17(2)3)16-13(9)18/h4-7H,14H2,1-3H3,(H,16,18). The normalized spacial score (nSPS) is 10.4. The van der Waals surface area contributed by atoms with Gasteiger partial charge in [0.2, 0.25) is 0 Å². The Bertz CT molecular complexity index is 631. The molecule has 0 amide bonds. The van der Waals surface area contributed by atoms with Crippen LogP contribution in [0, 0.1) is 6.92 Å². The van der Waals surface area contributed by atoms with E-state index in [0.29, 0.717) is 22.8 Å². The highest BCUT2D eigenvalue weighted by Gasteiger charge is 2.10. The quantitative estimate of drug-likeness (QED) is 0.837. The summed E-state index contributed by atoms with van der Waals surface area (Å²) in [6.07, 6.45) is 0. The van der Waals surface area contributed by atoms with E-state index >= 15 is 0 Å². The van der Waals surface area contributed by atoms with Gasteiger partial charge in [-0.25, -0.2) is 0 Å². The summed E-state index contributed by atoms with van der Waals surface area (Å²) >= 11 is 0. The molecule has 0 aliphatic rings. The van der Waals surface area contributed by atoms with E-state index in [0.717, 1.165) is 5.69 Å². The molecule has 2 rings (SSSR count). The highest BCUT2D eigenvalue weighted by molar-refractivity contribution is 5.70. The molecule has 5 nitrogen and oxygen atoms in total. The number of nitrogens with two attached hydrogens (primary N) is 1. The number of pyridine rings is 2. The summed E-state index contributed by atoms with van der Waals surface area (Å²) in [6, 6.07) is 7.21. The second-order valence-corrected chi connectivity index (χ2v) is 4.37. The summed E-state index contributed by atoms with van der Waals surface area (Å²) in [6.45, 7) is 1.88. The molecular formula is C13H16N4O. The Labute approximate surface area is 105 Å². The van der Waals surface area contributed by atoms with Crippen LogP contribution >= 0.6 is 0 Å². The van der Waals surface area contributed by atoms with Crippen molar-refractivity contribution in [2.24, 2.45) is 0 Å². The lowest BCUT2D eigenvalue weighted by Gasteiger charge is -2.15. The number of anilines is 2. The molecule has 94 valence electrons. The third-order valence-electron chi connectivity index (χ3n) is 2.66. The van der Waals surface area contributed by atoms with E-state index in [4.69, 9.17) is 5.73 Å². The van der Waals surface area contributed by atoms with Gasteiger partial charge in [0.1, 0.15) is 5.82 Å². The van der Waals surface area contributed by atoms with Crippen molar-refractivity contribution < 1.29 is 0 Å². The van der Waals surface area contributed by atoms with E-state index in [1.165, 1.54) is 0 Å². The number of nitrogen functional groups attached to an aromatic ring is 1. The zero-order valence-corrected chi connectivity index (χ0v) is 10.7. The Hall–Kier alpha value is -2.30. The number of hydrogen-bond donors (Lipinski definition) is 2. The van der Waals surface area contributed by atoms with Gasteiger partial charge in [0, 0.05) is 19.8 Å². The van der Waals surface area contributed by atoms with Crippen LogP contribution in [0.1, 0.15) is 5.69 Å². The first kappa shape index (κ1) is 12.2. The molecule has 18 heavy (non-hydrogen) atoms. The average molecular weight is 244 g/mol. The first-order valence-electron chi connectivity index (χ1n) is 5.63. The molecule has 0 bridgehead atoms. The molecule has 0 radical (unpaired) electrons. The van der Waals surface area contributed by atoms with Crippen molar-refractivity contribution in [3.8, 4) is 11.3 Å². The molecule has 0 aliphatic heterocycles. The van der Waals surface area contributed by atoms with Gasteiger partial charge in [-0.2, -0.15) is 0 Å². The number of H-pyrrole nitrogens is 1. The molecule has 0 aliphatic carbocycles. The van der Waals surface area contributed by atoms with Crippen molar-refractivity contribution in [1.82, 2.24) is 9.97 Å². The Morgan fingerprint density at radius 2 is 2.06 bits per heavy atom. The summed E-state index contributed by atoms with van der Waals surface area (Å²) in [4.78, 5) is 20.9. The predicted octanol–water partition coefficient (Wildman–Crippen LogP) is 1.39. The average Bonchev–Trinajstić information content (AvgIpc) is 2.31. The van der Waals surface area contributed by atoms with Gasteiger partial charge < -0.3 is 15.6 Å². The minimum absolute atomic E-state index is 0.189. The SMILES string of the molecule is Cc1cccc(-c2cc(N)c(N(C)C)[nH]c2=O)n1. The van der Waals surface area contributed by atoms with Crippen molar-refractivity contribution in [2.45, 2.75) is 6.92 Å². The van der Waals surface area contributed by atoms with Gasteiger partial charge >= 0.3 is 0 Å². The second-order valence-electron chi connectivity index (χ2n) is 4.37. The number of aromatic amines is 1. The molecule has 2 aromatic rings. The number of aromatic nitrogens is 2. The molecule has 5 heteroatoms. The third-order valence-corrected chi connectivity index (χ3v) is 2.66. The number of rotatable bonds is 2. The molecular weight excluding hydrogens is 228 g/mol. The van der Waals surface area contributed by atoms with Crippen LogP contribution < -0.4 is 16.2 Å². The fraction of sp³-hybridized carbons (Fsp3) is 0.231. The van der Waals surface area contributed by atoms with Crippen molar-refractivity contribution >= 4 is 11.5 Å². The molecule has 0 aromatic carbocycles. The van der Waals surface area contributed by atoms with Crippen molar-refractivity contribution in [3.05, 3.63) is 40.3 Å². The predicted molar refractivity (Wildman–Crippen MR) is 73.8 cm³/mol. The number of nitrogens with zero attached hydrogens (tertiary/aromatic N) is 2. The van der Waals surface area contributed by atoms with Gasteiger partial charge in [0.05, 0.1) is 16.9 Å². The van der Waals surface area contributed by atoms with Crippen LogP contribution in [0.5, 0.6) is 0 Å². The van der Waals surface area contributed by atoms with E-state index < -0.39 is 0 Å². The molecule has 2 aromatic heterocycles. The number of hydrogen-bond acceptors (Lipinski definition) is 4. The highest BCUT2D eigenvalue weighted by atomic mass is 16.1. The summed E-state index contributed by atoms with van der Waals surface area (Å²) < 4.78 is 0. The Morgan fingerprint density at radius 1 is 1.33 bits per heavy atom. The largest absolute Gasteiger partial charge is 0.396 e. The molecule has 0 spiro atoms. The third kappa shape index (κ3) is 2.20. The second kappa shape index (κ2) is 4.52. The van der Waals surface area contributed by atoms with Crippen LogP contribution in [0.25, 0.3) is 11.3 Å². The molecule has 0 saturated carbocycles. The lowest BCUT2D eigenvalue weighted by Crippen LogP contribution is -2.20. The smallest absolute Gasteiger partial charge is 0.259 e. The van der Waals surface area contributed by atoms with Crippen molar-refractivity contribution in [1.29, 1.82) is 0 Å². The Kier molecular flexibility index (Phi) is 3.06. The van der Waals surface area contributed by atoms with E-state index in [-0.39, 0.29) is 5.56 Å². The maximum atomic E-state index is 12.0. The van der Waals surface area contributed by atoms with Crippen LogP contribution in [0.15, 0.2) is 29.1 Å². The molecule has 0 saturated heterocycles. The zero-order valence-electron chi connectivity index (χ0n) is 10.7. The summed E-state index contributed by atoms with van der Waals surface area (Å²) in [5.74, 6) is 0.608. The summed E-state index contributed by atoms with van der Waals surface area (Å²) in [7, 11) is 3.65. The van der Waals surface area contributed by atoms with Crippen LogP contribution in [0.4, 0.5) is 11.5 Å². The lowest BCUT2D eigenvalue weighted by molar-refractivity contribution is 1.05. The molecule has 0 atom stereocenters. The van der Waals surface area contributed by atoms with Gasteiger partial charge in [-0.1, -0.05) is 6.07 Å². The van der Waals surface area contributed by atoms with Crippen LogP contribution in [-0.2, 0) is 0 Å². The van der Waals surface area contributed by atoms with Crippen molar-refractivity contribution in [3.63, 3.8) is 0 Å². The van der Waals surface area contributed by atoms with E-state index in [1.807, 2.05) is 33.2 Å². The zero-order chi connectivity index (χ0) is 13.3. The van der Waals surface area contributed by atoms with Crippen LogP contribution in [0.2, 0.25) is 0 Å². The minimum Gasteiger partial charge on any atom is -0.396 e. The monoisotopic (exact) mass is 244 g/mol. The molecule has 0 unspecified atom stereocenters. The van der Waals surface area contributed by atoms with E-state index in [9.17, 15) is 4.79 Å². The Morgan fingerprint density at radius 3 is 2.67 bits per heavy atom. The summed E-state index contributed by atoms with van der Waals surface area (Å²) in [5.41, 5.74) is 8.25. The molecule has 0 fully saturated rings. The topological polar surface area (TPSA) is 75.0 Å². The van der Waals surface area contributed by atoms with Gasteiger partial charge in [-0.15, -0.1) is 0 Å². The highest BCUT2D eigenvalue weighted by Crippen LogP contribution is 2.21. The van der Waals surface area contributed by atoms with Gasteiger partial charge in [0.25, 0.3) is 5.56 Å². The van der Waals surface area contributed by atoms with Crippen LogP contribution in [0.3, 0.4) is 0 Å². The maximum Gasteiger partial charge on any atom is 0.259 e. The first-order valence-corrected chi connectivity index (χ1v) is 5.63. The number of nitrogens with one attached hydrogen (secondary N) is 1. The minimum atomic E-state index is -0.189. The molecule has 3 N–H and O–H groups in total. The van der Waals surface area contributed by atoms with Crippen molar-refractivity contribution in [2.75, 3.05) is 24.7 Å². The maximum absolute atomic E-state index is 12.0. The van der Waals surface area contributed by atoms with E-state index in [1.54, 1.807) is 17.0 Å².